The summed E-state index contributed by atoms with van der Waals surface area (Å²) in [6.07, 6.45) is 4.69. The molecule has 0 fully saturated rings. The fourth-order valence-corrected chi connectivity index (χ4v) is 1.91. The first-order chi connectivity index (χ1) is 9.24. The standard InChI is InChI=1S/C14H18FN3O/c1-3-6-18-10-16-8-12(18)9-17-11-4-5-14(19-2)13(15)7-11/h4-5,7-8,10,17H,3,6,9H2,1-2H3. The minimum Gasteiger partial charge on any atom is -0.494 e. The Balaban J connectivity index is 2.02. The molecule has 0 amide bonds. The molecule has 5 heteroatoms. The molecule has 0 aliphatic rings. The van der Waals surface area contributed by atoms with Crippen LogP contribution in [0.15, 0.2) is 30.7 Å². The van der Waals surface area contributed by atoms with Gasteiger partial charge in [0.05, 0.1) is 25.7 Å². The number of methoxy groups -OCH3 is 1. The second-order valence-corrected chi connectivity index (χ2v) is 4.28. The Labute approximate surface area is 112 Å². The highest BCUT2D eigenvalue weighted by atomic mass is 19.1. The quantitative estimate of drug-likeness (QED) is 0.870. The fourth-order valence-electron chi connectivity index (χ4n) is 1.91. The first kappa shape index (κ1) is 13.4. The number of halogens is 1. The van der Waals surface area contributed by atoms with Gasteiger partial charge < -0.3 is 14.6 Å². The van der Waals surface area contributed by atoms with Crippen molar-refractivity contribution in [1.29, 1.82) is 0 Å². The zero-order valence-electron chi connectivity index (χ0n) is 11.2. The average Bonchev–Trinajstić information content (AvgIpc) is 2.84. The summed E-state index contributed by atoms with van der Waals surface area (Å²) in [4.78, 5) is 4.13. The molecule has 2 rings (SSSR count). The van der Waals surface area contributed by atoms with Gasteiger partial charge in [-0.25, -0.2) is 9.37 Å². The fraction of sp³-hybridized carbons (Fsp3) is 0.357. The third-order valence-corrected chi connectivity index (χ3v) is 2.89. The van der Waals surface area contributed by atoms with E-state index < -0.39 is 0 Å². The minimum absolute atomic E-state index is 0.251. The molecule has 19 heavy (non-hydrogen) atoms. The van der Waals surface area contributed by atoms with Crippen LogP contribution in [-0.4, -0.2) is 16.7 Å². The van der Waals surface area contributed by atoms with Crippen molar-refractivity contribution in [3.63, 3.8) is 0 Å². The van der Waals surface area contributed by atoms with Crippen LogP contribution in [0.3, 0.4) is 0 Å². The number of hydrogen-bond acceptors (Lipinski definition) is 3. The summed E-state index contributed by atoms with van der Waals surface area (Å²) in [6.45, 7) is 3.68. The number of nitrogens with zero attached hydrogens (tertiary/aromatic N) is 2. The highest BCUT2D eigenvalue weighted by molar-refractivity contribution is 5.47. The summed E-state index contributed by atoms with van der Waals surface area (Å²) < 4.78 is 20.5. The summed E-state index contributed by atoms with van der Waals surface area (Å²) in [6, 6.07) is 4.84. The SMILES string of the molecule is CCCn1cncc1CNc1ccc(OC)c(F)c1. The van der Waals surface area contributed by atoms with Crippen LogP contribution < -0.4 is 10.1 Å². The molecule has 0 aliphatic carbocycles. The van der Waals surface area contributed by atoms with Crippen LogP contribution in [0.1, 0.15) is 19.0 Å². The molecule has 4 nitrogen and oxygen atoms in total. The zero-order chi connectivity index (χ0) is 13.7. The van der Waals surface area contributed by atoms with E-state index in [-0.39, 0.29) is 11.6 Å². The van der Waals surface area contributed by atoms with E-state index in [4.69, 9.17) is 4.74 Å². The lowest BCUT2D eigenvalue weighted by atomic mass is 10.3. The number of ether oxygens (including phenoxy) is 1. The zero-order valence-corrected chi connectivity index (χ0v) is 11.2. The molecular weight excluding hydrogens is 245 g/mol. The van der Waals surface area contributed by atoms with Gasteiger partial charge in [0.1, 0.15) is 0 Å². The van der Waals surface area contributed by atoms with Crippen molar-refractivity contribution in [1.82, 2.24) is 9.55 Å². The van der Waals surface area contributed by atoms with Gasteiger partial charge in [0.15, 0.2) is 11.6 Å². The molecule has 0 spiro atoms. The molecule has 2 aromatic rings. The summed E-state index contributed by atoms with van der Waals surface area (Å²) in [5, 5.41) is 3.18. The van der Waals surface area contributed by atoms with Crippen molar-refractivity contribution >= 4 is 5.69 Å². The number of hydrogen-bond donors (Lipinski definition) is 1. The normalized spacial score (nSPS) is 10.5. The van der Waals surface area contributed by atoms with E-state index in [2.05, 4.69) is 21.8 Å². The van der Waals surface area contributed by atoms with Crippen molar-refractivity contribution in [3.05, 3.63) is 42.2 Å². The van der Waals surface area contributed by atoms with Crippen LogP contribution in [0.5, 0.6) is 5.75 Å². The lowest BCUT2D eigenvalue weighted by molar-refractivity contribution is 0.386. The molecule has 1 N–H and O–H groups in total. The van der Waals surface area contributed by atoms with Crippen molar-refractivity contribution in [3.8, 4) is 5.75 Å². The van der Waals surface area contributed by atoms with Gasteiger partial charge in [0.25, 0.3) is 0 Å². The maximum absolute atomic E-state index is 13.5. The Bertz CT molecular complexity index is 539. The van der Waals surface area contributed by atoms with Gasteiger partial charge in [-0.2, -0.15) is 0 Å². The third kappa shape index (κ3) is 3.24. The molecule has 102 valence electrons. The van der Waals surface area contributed by atoms with Crippen molar-refractivity contribution in [2.45, 2.75) is 26.4 Å². The molecule has 0 saturated carbocycles. The van der Waals surface area contributed by atoms with Gasteiger partial charge in [-0.15, -0.1) is 0 Å². The number of nitrogens with one attached hydrogen (secondary N) is 1. The topological polar surface area (TPSA) is 39.1 Å². The molecule has 0 radical (unpaired) electrons. The number of rotatable bonds is 6. The predicted molar refractivity (Wildman–Crippen MR) is 72.8 cm³/mol. The molecular formula is C14H18FN3O. The molecule has 0 bridgehead atoms. The second kappa shape index (κ2) is 6.22. The highest BCUT2D eigenvalue weighted by Gasteiger charge is 2.05. The molecule has 1 heterocycles. The molecule has 0 aliphatic heterocycles. The third-order valence-electron chi connectivity index (χ3n) is 2.89. The van der Waals surface area contributed by atoms with Crippen LogP contribution in [0.25, 0.3) is 0 Å². The van der Waals surface area contributed by atoms with Gasteiger partial charge in [0.2, 0.25) is 0 Å². The van der Waals surface area contributed by atoms with Gasteiger partial charge in [-0.05, 0) is 18.6 Å². The Morgan fingerprint density at radius 1 is 1.42 bits per heavy atom. The summed E-state index contributed by atoms with van der Waals surface area (Å²) in [7, 11) is 1.45. The number of benzene rings is 1. The van der Waals surface area contributed by atoms with Crippen molar-refractivity contribution < 1.29 is 9.13 Å². The van der Waals surface area contributed by atoms with E-state index in [9.17, 15) is 4.39 Å². The van der Waals surface area contributed by atoms with E-state index in [1.54, 1.807) is 12.1 Å². The van der Waals surface area contributed by atoms with Crippen molar-refractivity contribution in [2.75, 3.05) is 12.4 Å². The summed E-state index contributed by atoms with van der Waals surface area (Å²) >= 11 is 0. The number of imidazole rings is 1. The smallest absolute Gasteiger partial charge is 0.167 e. The maximum atomic E-state index is 13.5. The predicted octanol–water partition coefficient (Wildman–Crippen LogP) is 3.05. The maximum Gasteiger partial charge on any atom is 0.167 e. The van der Waals surface area contributed by atoms with Crippen molar-refractivity contribution in [2.24, 2.45) is 0 Å². The van der Waals surface area contributed by atoms with Gasteiger partial charge in [-0.1, -0.05) is 6.92 Å². The first-order valence-corrected chi connectivity index (χ1v) is 6.31. The molecule has 0 saturated heterocycles. The number of aryl methyl sites for hydroxylation is 1. The number of aromatic nitrogens is 2. The van der Waals surface area contributed by atoms with Crippen LogP contribution in [0, 0.1) is 5.82 Å². The van der Waals surface area contributed by atoms with E-state index in [0.717, 1.165) is 24.3 Å². The monoisotopic (exact) mass is 263 g/mol. The Kier molecular flexibility index (Phi) is 4.39. The number of anilines is 1. The summed E-state index contributed by atoms with van der Waals surface area (Å²) in [5.74, 6) is -0.115. The lowest BCUT2D eigenvalue weighted by Gasteiger charge is -2.10. The van der Waals surface area contributed by atoms with E-state index >= 15 is 0 Å². The van der Waals surface area contributed by atoms with Crippen LogP contribution in [-0.2, 0) is 13.1 Å². The van der Waals surface area contributed by atoms with Gasteiger partial charge >= 0.3 is 0 Å². The second-order valence-electron chi connectivity index (χ2n) is 4.28. The van der Waals surface area contributed by atoms with Crippen LogP contribution >= 0.6 is 0 Å². The molecule has 1 aromatic carbocycles. The van der Waals surface area contributed by atoms with Gasteiger partial charge in [0, 0.05) is 24.5 Å². The van der Waals surface area contributed by atoms with E-state index in [1.165, 1.54) is 13.2 Å². The first-order valence-electron chi connectivity index (χ1n) is 6.31. The highest BCUT2D eigenvalue weighted by Crippen LogP contribution is 2.21. The molecule has 0 atom stereocenters. The van der Waals surface area contributed by atoms with E-state index in [0.29, 0.717) is 6.54 Å². The Morgan fingerprint density at radius 2 is 2.26 bits per heavy atom. The molecule has 0 unspecified atom stereocenters. The molecule has 1 aromatic heterocycles. The Hall–Kier alpha value is -2.04. The van der Waals surface area contributed by atoms with Crippen LogP contribution in [0.4, 0.5) is 10.1 Å². The average molecular weight is 263 g/mol. The van der Waals surface area contributed by atoms with E-state index in [1.807, 2.05) is 12.5 Å². The van der Waals surface area contributed by atoms with Gasteiger partial charge in [-0.3, -0.25) is 0 Å². The Morgan fingerprint density at radius 3 is 2.95 bits per heavy atom. The summed E-state index contributed by atoms with van der Waals surface area (Å²) in [5.41, 5.74) is 1.81. The minimum atomic E-state index is -0.366. The largest absolute Gasteiger partial charge is 0.494 e. The lowest BCUT2D eigenvalue weighted by Crippen LogP contribution is -2.07. The van der Waals surface area contributed by atoms with Crippen LogP contribution in [0.2, 0.25) is 0 Å².